The van der Waals surface area contributed by atoms with Crippen molar-refractivity contribution < 1.29 is 28.6 Å². The molecule has 6 heteroatoms. The summed E-state index contributed by atoms with van der Waals surface area (Å²) < 4.78 is 16.8. The van der Waals surface area contributed by atoms with E-state index in [-0.39, 0.29) is 31.1 Å². The van der Waals surface area contributed by atoms with Gasteiger partial charge in [0.1, 0.15) is 13.2 Å². The molecule has 0 amide bonds. The zero-order valence-electron chi connectivity index (χ0n) is 38.8. The molecule has 0 radical (unpaired) electrons. The fourth-order valence-corrected chi connectivity index (χ4v) is 7.30. The molecule has 0 saturated heterocycles. The maximum atomic E-state index is 12.8. The zero-order chi connectivity index (χ0) is 42.3. The highest BCUT2D eigenvalue weighted by molar-refractivity contribution is 5.71. The summed E-state index contributed by atoms with van der Waals surface area (Å²) in [7, 11) is 0. The van der Waals surface area contributed by atoms with Crippen LogP contribution < -0.4 is 0 Å². The topological polar surface area (TPSA) is 78.9 Å². The highest BCUT2D eigenvalue weighted by Crippen LogP contribution is 2.15. The van der Waals surface area contributed by atoms with Crippen molar-refractivity contribution in [1.82, 2.24) is 0 Å². The van der Waals surface area contributed by atoms with Crippen LogP contribution in [0.25, 0.3) is 0 Å². The summed E-state index contributed by atoms with van der Waals surface area (Å²) >= 11 is 0. The molecular weight excluding hydrogens is 721 g/mol. The van der Waals surface area contributed by atoms with E-state index < -0.39 is 6.10 Å². The Labute approximate surface area is 360 Å². The van der Waals surface area contributed by atoms with E-state index in [1.165, 1.54) is 161 Å². The van der Waals surface area contributed by atoms with Gasteiger partial charge in [0.05, 0.1) is 0 Å². The van der Waals surface area contributed by atoms with Gasteiger partial charge < -0.3 is 14.2 Å². The van der Waals surface area contributed by atoms with Crippen LogP contribution >= 0.6 is 0 Å². The van der Waals surface area contributed by atoms with Gasteiger partial charge in [-0.3, -0.25) is 14.4 Å². The van der Waals surface area contributed by atoms with E-state index in [4.69, 9.17) is 14.2 Å². The zero-order valence-corrected chi connectivity index (χ0v) is 38.8. The number of ether oxygens (including phenoxy) is 3. The molecule has 0 rings (SSSR count). The Bertz CT molecular complexity index is 942. The minimum absolute atomic E-state index is 0.0737. The Morgan fingerprint density at radius 1 is 0.328 bits per heavy atom. The molecule has 0 aliphatic carbocycles. The standard InChI is InChI=1S/C52H96O6/c1-4-7-10-13-16-19-22-24-26-28-30-33-36-39-42-45-51(54)57-48-49(47-56-50(53)44-41-38-35-32-29-21-18-15-12-9-6-3)58-52(55)46-43-40-37-34-31-27-25-23-20-17-14-11-8-5-2/h15,18,23,25,49H,4-14,16-17,19-22,24,26-48H2,1-3H3/b18-15-,25-23-/t49-/m1/s1. The van der Waals surface area contributed by atoms with Gasteiger partial charge in [0.2, 0.25) is 0 Å². The smallest absolute Gasteiger partial charge is 0.306 e. The molecule has 58 heavy (non-hydrogen) atoms. The van der Waals surface area contributed by atoms with Gasteiger partial charge in [0, 0.05) is 19.3 Å². The molecule has 0 unspecified atom stereocenters. The number of carbonyl (C=O) groups is 3. The summed E-state index contributed by atoms with van der Waals surface area (Å²) in [5, 5.41) is 0. The molecule has 0 aromatic carbocycles. The summed E-state index contributed by atoms with van der Waals surface area (Å²) in [5.74, 6) is -0.882. The molecule has 6 nitrogen and oxygen atoms in total. The van der Waals surface area contributed by atoms with Crippen LogP contribution in [-0.2, 0) is 28.6 Å². The Hall–Kier alpha value is -2.11. The van der Waals surface area contributed by atoms with Gasteiger partial charge in [-0.15, -0.1) is 0 Å². The first-order chi connectivity index (χ1) is 28.5. The third-order valence-electron chi connectivity index (χ3n) is 11.2. The predicted molar refractivity (Wildman–Crippen MR) is 247 cm³/mol. The van der Waals surface area contributed by atoms with Crippen molar-refractivity contribution in [3.05, 3.63) is 24.3 Å². The molecule has 0 heterocycles. The molecule has 1 atom stereocenters. The number of hydrogen-bond acceptors (Lipinski definition) is 6. The van der Waals surface area contributed by atoms with E-state index in [2.05, 4.69) is 45.1 Å². The van der Waals surface area contributed by atoms with Crippen molar-refractivity contribution in [2.24, 2.45) is 0 Å². The summed E-state index contributed by atoms with van der Waals surface area (Å²) in [4.78, 5) is 37.9. The molecule has 0 aliphatic rings. The van der Waals surface area contributed by atoms with Crippen LogP contribution in [0.15, 0.2) is 24.3 Å². The first-order valence-corrected chi connectivity index (χ1v) is 25.3. The summed E-state index contributed by atoms with van der Waals surface area (Å²) in [5.41, 5.74) is 0. The van der Waals surface area contributed by atoms with E-state index >= 15 is 0 Å². The van der Waals surface area contributed by atoms with Crippen LogP contribution in [0, 0.1) is 0 Å². The van der Waals surface area contributed by atoms with Gasteiger partial charge in [-0.05, 0) is 64.2 Å². The van der Waals surface area contributed by atoms with E-state index in [0.717, 1.165) is 70.6 Å². The average Bonchev–Trinajstić information content (AvgIpc) is 3.22. The second-order valence-corrected chi connectivity index (χ2v) is 17.1. The van der Waals surface area contributed by atoms with Crippen LogP contribution in [0.2, 0.25) is 0 Å². The van der Waals surface area contributed by atoms with Crippen molar-refractivity contribution in [1.29, 1.82) is 0 Å². The van der Waals surface area contributed by atoms with Gasteiger partial charge in [-0.1, -0.05) is 212 Å². The van der Waals surface area contributed by atoms with Crippen molar-refractivity contribution in [2.45, 2.75) is 277 Å². The second kappa shape index (κ2) is 47.6. The maximum Gasteiger partial charge on any atom is 0.306 e. The second-order valence-electron chi connectivity index (χ2n) is 17.1. The predicted octanol–water partition coefficient (Wildman–Crippen LogP) is 16.4. The lowest BCUT2D eigenvalue weighted by molar-refractivity contribution is -0.167. The van der Waals surface area contributed by atoms with E-state index in [0.29, 0.717) is 19.3 Å². The van der Waals surface area contributed by atoms with Crippen molar-refractivity contribution in [3.8, 4) is 0 Å². The Morgan fingerprint density at radius 3 is 0.914 bits per heavy atom. The van der Waals surface area contributed by atoms with E-state index in [1.54, 1.807) is 0 Å². The molecule has 0 aromatic heterocycles. The van der Waals surface area contributed by atoms with Crippen LogP contribution in [-0.4, -0.2) is 37.2 Å². The first kappa shape index (κ1) is 55.9. The van der Waals surface area contributed by atoms with Gasteiger partial charge in [-0.25, -0.2) is 0 Å². The van der Waals surface area contributed by atoms with Gasteiger partial charge in [0.25, 0.3) is 0 Å². The summed E-state index contributed by atoms with van der Waals surface area (Å²) in [6.45, 7) is 6.60. The number of rotatable bonds is 46. The molecule has 0 spiro atoms. The molecule has 0 bridgehead atoms. The minimum Gasteiger partial charge on any atom is -0.462 e. The normalized spacial score (nSPS) is 12.1. The van der Waals surface area contributed by atoms with Gasteiger partial charge >= 0.3 is 17.9 Å². The lowest BCUT2D eigenvalue weighted by atomic mass is 10.0. The molecule has 0 fully saturated rings. The number of hydrogen-bond donors (Lipinski definition) is 0. The quantitative estimate of drug-likeness (QED) is 0.0263. The van der Waals surface area contributed by atoms with Crippen molar-refractivity contribution in [2.75, 3.05) is 13.2 Å². The van der Waals surface area contributed by atoms with Gasteiger partial charge in [0.15, 0.2) is 6.10 Å². The molecule has 0 aromatic rings. The third-order valence-corrected chi connectivity index (χ3v) is 11.2. The number of unbranched alkanes of at least 4 members (excludes halogenated alkanes) is 31. The maximum absolute atomic E-state index is 12.8. The summed E-state index contributed by atoms with van der Waals surface area (Å²) in [6, 6.07) is 0. The van der Waals surface area contributed by atoms with Crippen molar-refractivity contribution >= 4 is 17.9 Å². The molecule has 0 saturated carbocycles. The third kappa shape index (κ3) is 45.0. The molecule has 0 aliphatic heterocycles. The van der Waals surface area contributed by atoms with Crippen LogP contribution in [0.1, 0.15) is 271 Å². The fourth-order valence-electron chi connectivity index (χ4n) is 7.30. The Morgan fingerprint density at radius 2 is 0.586 bits per heavy atom. The minimum atomic E-state index is -0.773. The largest absolute Gasteiger partial charge is 0.462 e. The first-order valence-electron chi connectivity index (χ1n) is 25.3. The SMILES string of the molecule is CCCC/C=C\CCCCCCCC(=O)OC[C@H](COC(=O)CCCCCCCCCCCCCCCCC)OC(=O)CCCCCCC/C=C\CCCCCCC. The van der Waals surface area contributed by atoms with Crippen LogP contribution in [0.5, 0.6) is 0 Å². The highest BCUT2D eigenvalue weighted by atomic mass is 16.6. The van der Waals surface area contributed by atoms with Gasteiger partial charge in [-0.2, -0.15) is 0 Å². The molecular formula is C52H96O6. The van der Waals surface area contributed by atoms with E-state index in [9.17, 15) is 14.4 Å². The monoisotopic (exact) mass is 817 g/mol. The number of carbonyl (C=O) groups excluding carboxylic acids is 3. The van der Waals surface area contributed by atoms with Crippen LogP contribution in [0.3, 0.4) is 0 Å². The fraction of sp³-hybridized carbons (Fsp3) is 0.865. The highest BCUT2D eigenvalue weighted by Gasteiger charge is 2.19. The Kier molecular flexibility index (Phi) is 45.8. The van der Waals surface area contributed by atoms with E-state index in [1.807, 2.05) is 0 Å². The van der Waals surface area contributed by atoms with Crippen LogP contribution in [0.4, 0.5) is 0 Å². The summed E-state index contributed by atoms with van der Waals surface area (Å²) in [6.07, 6.45) is 53.0. The average molecular weight is 817 g/mol. The lowest BCUT2D eigenvalue weighted by Gasteiger charge is -2.18. The lowest BCUT2D eigenvalue weighted by Crippen LogP contribution is -2.30. The molecule has 0 N–H and O–H groups in total. The number of esters is 3. The molecule has 340 valence electrons. The Balaban J connectivity index is 4.35. The van der Waals surface area contributed by atoms with Crippen molar-refractivity contribution in [3.63, 3.8) is 0 Å². The number of allylic oxidation sites excluding steroid dienone is 4.